The van der Waals surface area contributed by atoms with Crippen molar-refractivity contribution < 1.29 is 66.6 Å². The Bertz CT molecular complexity index is 524. The first-order chi connectivity index (χ1) is 11.7. The van der Waals surface area contributed by atoms with Crippen LogP contribution in [0.25, 0.3) is 0 Å². The zero-order valence-electron chi connectivity index (χ0n) is 13.1. The fraction of sp³-hybridized carbons (Fsp3) is 0.917. The Morgan fingerprint density at radius 2 is 1.11 bits per heavy atom. The van der Waals surface area contributed by atoms with E-state index in [1.54, 1.807) is 0 Å². The van der Waals surface area contributed by atoms with E-state index in [0.717, 1.165) is 0 Å². The SMILES string of the molecule is CCC(=O)OCCCC(F)(F)C(F)(F)C(F)(F)C(F)(F)C(F)(F)C(F)(F)F. The highest BCUT2D eigenvalue weighted by molar-refractivity contribution is 5.68. The molecule has 0 atom stereocenters. The highest BCUT2D eigenvalue weighted by Gasteiger charge is 2.90. The summed E-state index contributed by atoms with van der Waals surface area (Å²) in [5.41, 5.74) is 0. The lowest BCUT2D eigenvalue weighted by Crippen LogP contribution is -2.70. The molecule has 0 aliphatic rings. The summed E-state index contributed by atoms with van der Waals surface area (Å²) < 4.78 is 170. The summed E-state index contributed by atoms with van der Waals surface area (Å²) in [4.78, 5) is 10.7. The van der Waals surface area contributed by atoms with Crippen LogP contribution in [0.5, 0.6) is 0 Å². The fourth-order valence-electron chi connectivity index (χ4n) is 1.54. The fourth-order valence-corrected chi connectivity index (χ4v) is 1.54. The van der Waals surface area contributed by atoms with Gasteiger partial charge >= 0.3 is 41.8 Å². The van der Waals surface area contributed by atoms with Gasteiger partial charge in [0.2, 0.25) is 0 Å². The zero-order chi connectivity index (χ0) is 22.1. The lowest BCUT2D eigenvalue weighted by atomic mass is 9.92. The van der Waals surface area contributed by atoms with E-state index in [4.69, 9.17) is 0 Å². The first kappa shape index (κ1) is 25.6. The van der Waals surface area contributed by atoms with Crippen molar-refractivity contribution in [2.45, 2.75) is 62.0 Å². The lowest BCUT2D eigenvalue weighted by Gasteiger charge is -2.39. The molecule has 0 heterocycles. The Balaban J connectivity index is 5.64. The van der Waals surface area contributed by atoms with Gasteiger partial charge in [0, 0.05) is 12.8 Å². The van der Waals surface area contributed by atoms with Crippen molar-refractivity contribution in [2.24, 2.45) is 0 Å². The molecule has 15 heteroatoms. The van der Waals surface area contributed by atoms with Crippen molar-refractivity contribution in [3.05, 3.63) is 0 Å². The van der Waals surface area contributed by atoms with Crippen LogP contribution in [0.2, 0.25) is 0 Å². The van der Waals surface area contributed by atoms with Crippen LogP contribution in [0.4, 0.5) is 57.1 Å². The van der Waals surface area contributed by atoms with Crippen LogP contribution >= 0.6 is 0 Å². The van der Waals surface area contributed by atoms with Crippen LogP contribution in [0.3, 0.4) is 0 Å². The molecule has 0 saturated heterocycles. The summed E-state index contributed by atoms with van der Waals surface area (Å²) in [5.74, 6) is -37.9. The number of carbonyl (C=O) groups is 1. The van der Waals surface area contributed by atoms with Gasteiger partial charge in [0.05, 0.1) is 6.61 Å². The average Bonchev–Trinajstić information content (AvgIpc) is 2.49. The molecule has 0 rings (SSSR count). The van der Waals surface area contributed by atoms with Crippen molar-refractivity contribution in [1.82, 2.24) is 0 Å². The van der Waals surface area contributed by atoms with Gasteiger partial charge in [0.25, 0.3) is 0 Å². The smallest absolute Gasteiger partial charge is 0.460 e. The Hall–Kier alpha value is -1.44. The number of carbonyl (C=O) groups excluding carboxylic acids is 1. The van der Waals surface area contributed by atoms with Gasteiger partial charge in [-0.1, -0.05) is 6.92 Å². The van der Waals surface area contributed by atoms with Crippen molar-refractivity contribution in [2.75, 3.05) is 6.61 Å². The normalized spacial score (nSPS) is 15.0. The van der Waals surface area contributed by atoms with Gasteiger partial charge in [-0.2, -0.15) is 57.1 Å². The molecule has 0 aromatic heterocycles. The Labute approximate surface area is 142 Å². The van der Waals surface area contributed by atoms with Crippen molar-refractivity contribution in [3.8, 4) is 0 Å². The Kier molecular flexibility index (Phi) is 7.12. The van der Waals surface area contributed by atoms with E-state index in [2.05, 4.69) is 4.74 Å². The molecule has 0 aromatic carbocycles. The molecule has 0 unspecified atom stereocenters. The van der Waals surface area contributed by atoms with Gasteiger partial charge in [0.15, 0.2) is 0 Å². The molecule has 0 spiro atoms. The molecule has 0 aromatic rings. The number of halogens is 13. The molecule has 0 saturated carbocycles. The predicted octanol–water partition coefficient (Wildman–Crippen LogP) is 5.46. The molecule has 0 aliphatic heterocycles. The summed E-state index contributed by atoms with van der Waals surface area (Å²) in [5, 5.41) is 0. The number of hydrogen-bond acceptors (Lipinski definition) is 2. The Morgan fingerprint density at radius 3 is 1.48 bits per heavy atom. The molecular formula is C12H11F13O2. The van der Waals surface area contributed by atoms with Gasteiger partial charge in [0.1, 0.15) is 0 Å². The molecule has 162 valence electrons. The van der Waals surface area contributed by atoms with Crippen LogP contribution in [0, 0.1) is 0 Å². The second kappa shape index (κ2) is 7.53. The first-order valence-electron chi connectivity index (χ1n) is 6.82. The summed E-state index contributed by atoms with van der Waals surface area (Å²) >= 11 is 0. The molecule has 2 nitrogen and oxygen atoms in total. The maximum absolute atomic E-state index is 13.3. The minimum Gasteiger partial charge on any atom is -0.466 e. The van der Waals surface area contributed by atoms with Crippen molar-refractivity contribution in [1.29, 1.82) is 0 Å². The topological polar surface area (TPSA) is 26.3 Å². The minimum atomic E-state index is -7.90. The number of esters is 1. The monoisotopic (exact) mass is 434 g/mol. The van der Waals surface area contributed by atoms with Gasteiger partial charge in [-0.3, -0.25) is 4.79 Å². The van der Waals surface area contributed by atoms with Gasteiger partial charge < -0.3 is 4.74 Å². The van der Waals surface area contributed by atoms with Crippen LogP contribution in [0.1, 0.15) is 26.2 Å². The van der Waals surface area contributed by atoms with E-state index >= 15 is 0 Å². The molecular weight excluding hydrogens is 423 g/mol. The van der Waals surface area contributed by atoms with Crippen LogP contribution in [0.15, 0.2) is 0 Å². The molecule has 0 N–H and O–H groups in total. The van der Waals surface area contributed by atoms with Crippen molar-refractivity contribution in [3.63, 3.8) is 0 Å². The van der Waals surface area contributed by atoms with Gasteiger partial charge in [-0.25, -0.2) is 0 Å². The zero-order valence-corrected chi connectivity index (χ0v) is 13.1. The standard InChI is InChI=1S/C12H11F13O2/c1-2-6(26)27-5-3-4-7(13,14)8(15,16)9(17,18)10(19,20)11(21,22)12(23,24)25/h2-5H2,1H3. The molecule has 0 amide bonds. The number of ether oxygens (including phenoxy) is 1. The highest BCUT2D eigenvalue weighted by Crippen LogP contribution is 2.60. The van der Waals surface area contributed by atoms with Gasteiger partial charge in [-0.15, -0.1) is 0 Å². The second-order valence-corrected chi connectivity index (χ2v) is 5.18. The van der Waals surface area contributed by atoms with Crippen LogP contribution < -0.4 is 0 Å². The van der Waals surface area contributed by atoms with Crippen LogP contribution in [-0.4, -0.2) is 48.4 Å². The predicted molar refractivity (Wildman–Crippen MR) is 61.3 cm³/mol. The Morgan fingerprint density at radius 1 is 0.704 bits per heavy atom. The lowest BCUT2D eigenvalue weighted by molar-refractivity contribution is -0.440. The maximum atomic E-state index is 13.3. The minimum absolute atomic E-state index is 0.288. The number of rotatable bonds is 9. The highest BCUT2D eigenvalue weighted by atomic mass is 19.4. The van der Waals surface area contributed by atoms with Gasteiger partial charge in [-0.05, 0) is 6.42 Å². The summed E-state index contributed by atoms with van der Waals surface area (Å²) in [6, 6.07) is 0. The molecule has 0 fully saturated rings. The number of hydrogen-bond donors (Lipinski definition) is 0. The molecule has 0 bridgehead atoms. The number of alkyl halides is 13. The summed E-state index contributed by atoms with van der Waals surface area (Å²) in [7, 11) is 0. The maximum Gasteiger partial charge on any atom is 0.460 e. The average molecular weight is 434 g/mol. The third-order valence-corrected chi connectivity index (χ3v) is 3.19. The summed E-state index contributed by atoms with van der Waals surface area (Å²) in [6.45, 7) is 0.188. The van der Waals surface area contributed by atoms with E-state index in [1.807, 2.05) is 0 Å². The largest absolute Gasteiger partial charge is 0.466 e. The van der Waals surface area contributed by atoms with E-state index < -0.39 is 61.2 Å². The van der Waals surface area contributed by atoms with E-state index in [9.17, 15) is 61.9 Å². The summed E-state index contributed by atoms with van der Waals surface area (Å²) in [6.07, 6.45) is -11.4. The third kappa shape index (κ3) is 4.36. The molecule has 27 heavy (non-hydrogen) atoms. The molecule has 0 aliphatic carbocycles. The quantitative estimate of drug-likeness (QED) is 0.274. The van der Waals surface area contributed by atoms with E-state index in [1.165, 1.54) is 6.92 Å². The second-order valence-electron chi connectivity index (χ2n) is 5.18. The van der Waals surface area contributed by atoms with Crippen LogP contribution in [-0.2, 0) is 9.53 Å². The first-order valence-corrected chi connectivity index (χ1v) is 6.82. The van der Waals surface area contributed by atoms with Crippen molar-refractivity contribution >= 4 is 5.97 Å². The van der Waals surface area contributed by atoms with E-state index in [0.29, 0.717) is 0 Å². The third-order valence-electron chi connectivity index (χ3n) is 3.19. The van der Waals surface area contributed by atoms with E-state index in [-0.39, 0.29) is 6.42 Å². The molecule has 0 radical (unpaired) electrons.